The van der Waals surface area contributed by atoms with E-state index in [1.165, 1.54) is 18.4 Å². The molecule has 0 saturated heterocycles. The predicted molar refractivity (Wildman–Crippen MR) is 122 cm³/mol. The van der Waals surface area contributed by atoms with Crippen LogP contribution in [0.15, 0.2) is 29.2 Å². The lowest BCUT2D eigenvalue weighted by Gasteiger charge is -2.16. The van der Waals surface area contributed by atoms with Gasteiger partial charge in [-0.15, -0.1) is 11.3 Å². The molecule has 0 aliphatic carbocycles. The van der Waals surface area contributed by atoms with Gasteiger partial charge in [0.05, 0.1) is 30.6 Å². The summed E-state index contributed by atoms with van der Waals surface area (Å²) in [6, 6.07) is 7.35. The van der Waals surface area contributed by atoms with E-state index >= 15 is 0 Å². The molecule has 0 unspecified atom stereocenters. The number of aromatic nitrogens is 2. The number of rotatable bonds is 6. The SMILES string of the molecule is COc1cc(OC)c(-n2c(C)cc(/C=C(/C#N)C(=O)Nc3nc(C)cs3)c2C)cc1Cl. The molecular formula is C22H21ClN4O3S. The Kier molecular flexibility index (Phi) is 6.68. The van der Waals surface area contributed by atoms with Crippen LogP contribution in [-0.4, -0.2) is 29.7 Å². The first-order valence-corrected chi connectivity index (χ1v) is 10.5. The van der Waals surface area contributed by atoms with Crippen molar-refractivity contribution in [3.63, 3.8) is 0 Å². The molecule has 1 amide bonds. The van der Waals surface area contributed by atoms with Gasteiger partial charge in [-0.1, -0.05) is 11.6 Å². The Bertz CT molecular complexity index is 1220. The molecule has 0 radical (unpaired) electrons. The third-order valence-corrected chi connectivity index (χ3v) is 5.84. The molecule has 0 saturated carbocycles. The van der Waals surface area contributed by atoms with Crippen molar-refractivity contribution in [2.45, 2.75) is 20.8 Å². The molecule has 1 N–H and O–H groups in total. The average Bonchev–Trinajstić information content (AvgIpc) is 3.27. The number of carbonyl (C=O) groups excluding carboxylic acids is 1. The van der Waals surface area contributed by atoms with Crippen LogP contribution >= 0.6 is 22.9 Å². The second kappa shape index (κ2) is 9.25. The zero-order valence-electron chi connectivity index (χ0n) is 17.7. The van der Waals surface area contributed by atoms with Gasteiger partial charge in [-0.05, 0) is 44.5 Å². The topological polar surface area (TPSA) is 89.2 Å². The minimum Gasteiger partial charge on any atom is -0.495 e. The minimum absolute atomic E-state index is 0.0205. The fourth-order valence-electron chi connectivity index (χ4n) is 3.20. The standard InChI is InChI=1S/C22H21ClN4O3S/c1-12-11-31-22(25-12)26-21(28)16(10-24)7-15-6-13(2)27(14(15)3)18-8-17(23)19(29-4)9-20(18)30-5/h6-9,11H,1-5H3,(H,25,26,28)/b16-7-. The monoisotopic (exact) mass is 456 g/mol. The summed E-state index contributed by atoms with van der Waals surface area (Å²) in [5, 5.41) is 14.9. The Labute approximate surface area is 189 Å². The first kappa shape index (κ1) is 22.4. The molecule has 1 aromatic carbocycles. The van der Waals surface area contributed by atoms with Crippen molar-refractivity contribution in [1.82, 2.24) is 9.55 Å². The molecule has 0 fully saturated rings. The van der Waals surface area contributed by atoms with Gasteiger partial charge >= 0.3 is 0 Å². The van der Waals surface area contributed by atoms with E-state index in [1.54, 1.807) is 25.3 Å². The second-order valence-corrected chi connectivity index (χ2v) is 8.00. The molecule has 0 aliphatic rings. The molecule has 0 bridgehead atoms. The first-order valence-electron chi connectivity index (χ1n) is 9.25. The lowest BCUT2D eigenvalue weighted by molar-refractivity contribution is -0.112. The van der Waals surface area contributed by atoms with Gasteiger partial charge in [-0.2, -0.15) is 5.26 Å². The van der Waals surface area contributed by atoms with E-state index in [2.05, 4.69) is 10.3 Å². The van der Waals surface area contributed by atoms with Crippen LogP contribution in [0.4, 0.5) is 5.13 Å². The molecule has 31 heavy (non-hydrogen) atoms. The smallest absolute Gasteiger partial charge is 0.268 e. The Hall–Kier alpha value is -3.28. The molecule has 160 valence electrons. The van der Waals surface area contributed by atoms with Crippen molar-refractivity contribution in [3.8, 4) is 23.3 Å². The number of amides is 1. The van der Waals surface area contributed by atoms with Gasteiger partial charge in [0.15, 0.2) is 5.13 Å². The van der Waals surface area contributed by atoms with E-state index in [4.69, 9.17) is 21.1 Å². The van der Waals surface area contributed by atoms with Crippen LogP contribution in [0.1, 0.15) is 22.6 Å². The van der Waals surface area contributed by atoms with Crippen molar-refractivity contribution in [3.05, 3.63) is 56.8 Å². The zero-order valence-corrected chi connectivity index (χ0v) is 19.3. The molecule has 0 aliphatic heterocycles. The molecular weight excluding hydrogens is 436 g/mol. The fourth-order valence-corrected chi connectivity index (χ4v) is 4.12. The molecule has 9 heteroatoms. The quantitative estimate of drug-likeness (QED) is 0.413. The largest absolute Gasteiger partial charge is 0.495 e. The number of halogens is 1. The highest BCUT2D eigenvalue weighted by Gasteiger charge is 2.18. The molecule has 2 heterocycles. The highest BCUT2D eigenvalue weighted by atomic mass is 35.5. The Morgan fingerprint density at radius 1 is 1.23 bits per heavy atom. The fraction of sp³-hybridized carbons (Fsp3) is 0.227. The maximum atomic E-state index is 12.6. The van der Waals surface area contributed by atoms with Crippen LogP contribution in [-0.2, 0) is 4.79 Å². The third kappa shape index (κ3) is 4.58. The third-order valence-electron chi connectivity index (χ3n) is 4.67. The second-order valence-electron chi connectivity index (χ2n) is 6.74. The maximum absolute atomic E-state index is 12.6. The van der Waals surface area contributed by atoms with Crippen LogP contribution in [0.5, 0.6) is 11.5 Å². The first-order chi connectivity index (χ1) is 14.8. The maximum Gasteiger partial charge on any atom is 0.268 e. The number of benzene rings is 1. The number of anilines is 1. The van der Waals surface area contributed by atoms with E-state index in [1.807, 2.05) is 42.9 Å². The molecule has 0 spiro atoms. The Balaban J connectivity index is 2.02. The number of hydrogen-bond donors (Lipinski definition) is 1. The minimum atomic E-state index is -0.508. The van der Waals surface area contributed by atoms with E-state index in [-0.39, 0.29) is 5.57 Å². The van der Waals surface area contributed by atoms with Crippen LogP contribution < -0.4 is 14.8 Å². The summed E-state index contributed by atoms with van der Waals surface area (Å²) in [5.41, 5.74) is 3.95. The van der Waals surface area contributed by atoms with Crippen LogP contribution in [0, 0.1) is 32.1 Å². The number of nitriles is 1. The average molecular weight is 457 g/mol. The van der Waals surface area contributed by atoms with Gasteiger partial charge in [0.1, 0.15) is 23.1 Å². The number of nitrogens with one attached hydrogen (secondary N) is 1. The van der Waals surface area contributed by atoms with E-state index in [9.17, 15) is 10.1 Å². The number of hydrogen-bond acceptors (Lipinski definition) is 6. The number of aryl methyl sites for hydroxylation is 2. The lowest BCUT2D eigenvalue weighted by Crippen LogP contribution is -2.13. The summed E-state index contributed by atoms with van der Waals surface area (Å²) in [4.78, 5) is 16.8. The van der Waals surface area contributed by atoms with E-state index < -0.39 is 5.91 Å². The summed E-state index contributed by atoms with van der Waals surface area (Å²) in [6.07, 6.45) is 1.56. The number of thiazole rings is 1. The molecule has 3 aromatic rings. The highest BCUT2D eigenvalue weighted by molar-refractivity contribution is 7.13. The number of nitrogens with zero attached hydrogens (tertiary/aromatic N) is 3. The number of ether oxygens (including phenoxy) is 2. The highest BCUT2D eigenvalue weighted by Crippen LogP contribution is 2.37. The van der Waals surface area contributed by atoms with Crippen molar-refractivity contribution in [1.29, 1.82) is 5.26 Å². The van der Waals surface area contributed by atoms with Crippen molar-refractivity contribution < 1.29 is 14.3 Å². The molecule has 2 aromatic heterocycles. The number of methoxy groups -OCH3 is 2. The van der Waals surface area contributed by atoms with Gasteiger partial charge in [-0.25, -0.2) is 4.98 Å². The van der Waals surface area contributed by atoms with E-state index in [0.717, 1.165) is 28.3 Å². The molecule has 0 atom stereocenters. The van der Waals surface area contributed by atoms with E-state index in [0.29, 0.717) is 21.7 Å². The summed E-state index contributed by atoms with van der Waals surface area (Å²) in [5.74, 6) is 0.577. The molecule has 7 nitrogen and oxygen atoms in total. The van der Waals surface area contributed by atoms with Gasteiger partial charge in [0.25, 0.3) is 5.91 Å². The summed E-state index contributed by atoms with van der Waals surface area (Å²) >= 11 is 7.65. The summed E-state index contributed by atoms with van der Waals surface area (Å²) in [7, 11) is 3.11. The van der Waals surface area contributed by atoms with Gasteiger partial charge in [-0.3, -0.25) is 10.1 Å². The predicted octanol–water partition coefficient (Wildman–Crippen LogP) is 5.08. The molecule has 3 rings (SSSR count). The normalized spacial score (nSPS) is 11.2. The Morgan fingerprint density at radius 3 is 2.52 bits per heavy atom. The van der Waals surface area contributed by atoms with Crippen LogP contribution in [0.2, 0.25) is 5.02 Å². The van der Waals surface area contributed by atoms with Crippen LogP contribution in [0.25, 0.3) is 11.8 Å². The van der Waals surface area contributed by atoms with Crippen molar-refractivity contribution in [2.24, 2.45) is 0 Å². The van der Waals surface area contributed by atoms with Crippen molar-refractivity contribution >= 4 is 40.1 Å². The Morgan fingerprint density at radius 2 is 1.94 bits per heavy atom. The van der Waals surface area contributed by atoms with Crippen molar-refractivity contribution in [2.75, 3.05) is 19.5 Å². The summed E-state index contributed by atoms with van der Waals surface area (Å²) < 4.78 is 12.8. The summed E-state index contributed by atoms with van der Waals surface area (Å²) in [6.45, 7) is 5.65. The lowest BCUT2D eigenvalue weighted by atomic mass is 10.1. The van der Waals surface area contributed by atoms with Gasteiger partial charge < -0.3 is 14.0 Å². The number of carbonyl (C=O) groups is 1. The van der Waals surface area contributed by atoms with Crippen LogP contribution in [0.3, 0.4) is 0 Å². The van der Waals surface area contributed by atoms with Gasteiger partial charge in [0, 0.05) is 22.8 Å². The zero-order chi connectivity index (χ0) is 22.7. The van der Waals surface area contributed by atoms with Gasteiger partial charge in [0.2, 0.25) is 0 Å².